The molecule has 2 heterocycles. The zero-order chi connectivity index (χ0) is 11.9. The highest BCUT2D eigenvalue weighted by atomic mass is 16.5. The minimum Gasteiger partial charge on any atom is -0.378 e. The lowest BCUT2D eigenvalue weighted by Gasteiger charge is -2.08. The van der Waals surface area contributed by atoms with E-state index in [1.54, 1.807) is 0 Å². The summed E-state index contributed by atoms with van der Waals surface area (Å²) in [5, 5.41) is 3.34. The van der Waals surface area contributed by atoms with Crippen LogP contribution in [0.25, 0.3) is 0 Å². The van der Waals surface area contributed by atoms with Gasteiger partial charge in [-0.3, -0.25) is 0 Å². The van der Waals surface area contributed by atoms with Crippen molar-refractivity contribution in [3.63, 3.8) is 0 Å². The fourth-order valence-electron chi connectivity index (χ4n) is 2.00. The lowest BCUT2D eigenvalue weighted by atomic mass is 10.2. The highest BCUT2D eigenvalue weighted by molar-refractivity contribution is 5.05. The predicted molar refractivity (Wildman–Crippen MR) is 66.7 cm³/mol. The van der Waals surface area contributed by atoms with Gasteiger partial charge in [0.25, 0.3) is 0 Å². The highest BCUT2D eigenvalue weighted by Gasteiger charge is 2.16. The first kappa shape index (κ1) is 12.5. The van der Waals surface area contributed by atoms with Gasteiger partial charge in [-0.15, -0.1) is 0 Å². The van der Waals surface area contributed by atoms with Crippen molar-refractivity contribution in [1.82, 2.24) is 15.3 Å². The van der Waals surface area contributed by atoms with Gasteiger partial charge in [-0.05, 0) is 25.8 Å². The van der Waals surface area contributed by atoms with E-state index in [2.05, 4.69) is 22.2 Å². The molecule has 1 aliphatic heterocycles. The minimum atomic E-state index is 0.332. The van der Waals surface area contributed by atoms with E-state index in [1.165, 1.54) is 6.42 Å². The molecule has 1 unspecified atom stereocenters. The molecule has 0 bridgehead atoms. The van der Waals surface area contributed by atoms with Crippen LogP contribution in [0.4, 0.5) is 0 Å². The Balaban J connectivity index is 1.80. The second kappa shape index (κ2) is 6.67. The van der Waals surface area contributed by atoms with E-state index in [1.807, 2.05) is 12.4 Å². The average molecular weight is 235 g/mol. The molecule has 0 aromatic carbocycles. The first-order chi connectivity index (χ1) is 8.38. The topological polar surface area (TPSA) is 47.0 Å². The van der Waals surface area contributed by atoms with E-state index in [4.69, 9.17) is 4.74 Å². The second-order valence-electron chi connectivity index (χ2n) is 4.52. The molecule has 0 amide bonds. The Kier molecular flexibility index (Phi) is 4.88. The van der Waals surface area contributed by atoms with Crippen LogP contribution in [-0.4, -0.2) is 29.2 Å². The van der Waals surface area contributed by atoms with Gasteiger partial charge in [0, 0.05) is 37.5 Å². The number of aromatic nitrogens is 2. The highest BCUT2D eigenvalue weighted by Crippen LogP contribution is 2.15. The summed E-state index contributed by atoms with van der Waals surface area (Å²) in [4.78, 5) is 8.78. The van der Waals surface area contributed by atoms with Gasteiger partial charge in [0.2, 0.25) is 0 Å². The van der Waals surface area contributed by atoms with Gasteiger partial charge in [0.1, 0.15) is 5.82 Å². The van der Waals surface area contributed by atoms with Crippen LogP contribution < -0.4 is 5.32 Å². The van der Waals surface area contributed by atoms with Gasteiger partial charge >= 0.3 is 0 Å². The molecule has 0 spiro atoms. The third kappa shape index (κ3) is 4.06. The van der Waals surface area contributed by atoms with Crippen molar-refractivity contribution in [2.24, 2.45) is 0 Å². The van der Waals surface area contributed by atoms with Crippen molar-refractivity contribution in [2.45, 2.75) is 45.3 Å². The molecule has 1 aromatic rings. The largest absolute Gasteiger partial charge is 0.378 e. The molecule has 4 nitrogen and oxygen atoms in total. The summed E-state index contributed by atoms with van der Waals surface area (Å²) in [6.45, 7) is 4.95. The molecule has 1 aliphatic rings. The lowest BCUT2D eigenvalue weighted by molar-refractivity contribution is 0.110. The van der Waals surface area contributed by atoms with Crippen LogP contribution in [0, 0.1) is 0 Å². The fraction of sp³-hybridized carbons (Fsp3) is 0.692. The summed E-state index contributed by atoms with van der Waals surface area (Å²) in [5.74, 6) is 0.899. The molecule has 1 aromatic heterocycles. The third-order valence-electron chi connectivity index (χ3n) is 2.95. The Morgan fingerprint density at radius 1 is 1.41 bits per heavy atom. The van der Waals surface area contributed by atoms with E-state index in [0.717, 1.165) is 50.3 Å². The molecular formula is C13H21N3O. The maximum atomic E-state index is 5.57. The minimum absolute atomic E-state index is 0.332. The first-order valence-corrected chi connectivity index (χ1v) is 6.50. The average Bonchev–Trinajstić information content (AvgIpc) is 2.85. The summed E-state index contributed by atoms with van der Waals surface area (Å²) < 4.78 is 5.57. The van der Waals surface area contributed by atoms with Crippen LogP contribution in [-0.2, 0) is 17.7 Å². The number of nitrogens with one attached hydrogen (secondary N) is 1. The van der Waals surface area contributed by atoms with Crippen LogP contribution in [0.2, 0.25) is 0 Å². The molecule has 0 radical (unpaired) electrons. The molecule has 0 aliphatic carbocycles. The van der Waals surface area contributed by atoms with Crippen LogP contribution in [0.15, 0.2) is 12.4 Å². The zero-order valence-electron chi connectivity index (χ0n) is 10.5. The quantitative estimate of drug-likeness (QED) is 0.762. The number of rotatable bonds is 6. The summed E-state index contributed by atoms with van der Waals surface area (Å²) in [5.41, 5.74) is 1.15. The number of hydrogen-bond donors (Lipinski definition) is 1. The molecule has 2 rings (SSSR count). The molecule has 0 saturated carbocycles. The molecule has 94 valence electrons. The summed E-state index contributed by atoms with van der Waals surface area (Å²) in [7, 11) is 0. The van der Waals surface area contributed by atoms with E-state index < -0.39 is 0 Å². The Morgan fingerprint density at radius 3 is 2.88 bits per heavy atom. The monoisotopic (exact) mass is 235 g/mol. The van der Waals surface area contributed by atoms with Crippen LogP contribution in [0.5, 0.6) is 0 Å². The first-order valence-electron chi connectivity index (χ1n) is 6.50. The Morgan fingerprint density at radius 2 is 2.24 bits per heavy atom. The molecule has 4 heteroatoms. The van der Waals surface area contributed by atoms with Gasteiger partial charge in [-0.2, -0.15) is 0 Å². The maximum Gasteiger partial charge on any atom is 0.130 e. The zero-order valence-corrected chi connectivity index (χ0v) is 10.5. The van der Waals surface area contributed by atoms with Gasteiger partial charge in [-0.25, -0.2) is 9.97 Å². The van der Waals surface area contributed by atoms with Gasteiger partial charge in [0.05, 0.1) is 6.10 Å². The third-order valence-corrected chi connectivity index (χ3v) is 2.95. The van der Waals surface area contributed by atoms with Crippen LogP contribution >= 0.6 is 0 Å². The fourth-order valence-corrected chi connectivity index (χ4v) is 2.00. The summed E-state index contributed by atoms with van der Waals surface area (Å²) in [6, 6.07) is 0. The Hall–Kier alpha value is -1.00. The van der Waals surface area contributed by atoms with Gasteiger partial charge in [-0.1, -0.05) is 6.92 Å². The second-order valence-corrected chi connectivity index (χ2v) is 4.52. The molecule has 1 atom stereocenters. The Bertz CT molecular complexity index is 320. The van der Waals surface area contributed by atoms with Gasteiger partial charge in [0.15, 0.2) is 0 Å². The molecule has 1 N–H and O–H groups in total. The molecular weight excluding hydrogens is 214 g/mol. The predicted octanol–water partition coefficient (Wildman–Crippen LogP) is 1.70. The standard InChI is InChI=1S/C13H21N3O/c1-2-5-14-8-11-9-15-13(16-10-11)7-12-4-3-6-17-12/h9-10,12,14H,2-8H2,1H3. The normalized spacial score (nSPS) is 19.7. The van der Waals surface area contributed by atoms with Crippen molar-refractivity contribution >= 4 is 0 Å². The van der Waals surface area contributed by atoms with Crippen molar-refractivity contribution in [3.8, 4) is 0 Å². The van der Waals surface area contributed by atoms with Crippen molar-refractivity contribution in [3.05, 3.63) is 23.8 Å². The van der Waals surface area contributed by atoms with E-state index in [-0.39, 0.29) is 0 Å². The van der Waals surface area contributed by atoms with Crippen molar-refractivity contribution < 1.29 is 4.74 Å². The molecule has 17 heavy (non-hydrogen) atoms. The van der Waals surface area contributed by atoms with Gasteiger partial charge < -0.3 is 10.1 Å². The summed E-state index contributed by atoms with van der Waals surface area (Å²) in [6.07, 6.45) is 8.48. The van der Waals surface area contributed by atoms with Crippen LogP contribution in [0.3, 0.4) is 0 Å². The number of nitrogens with zero attached hydrogens (tertiary/aromatic N) is 2. The Labute approximate surface area is 103 Å². The van der Waals surface area contributed by atoms with Crippen molar-refractivity contribution in [1.29, 1.82) is 0 Å². The number of ether oxygens (including phenoxy) is 1. The number of hydrogen-bond acceptors (Lipinski definition) is 4. The van der Waals surface area contributed by atoms with E-state index >= 15 is 0 Å². The molecule has 1 fully saturated rings. The molecule has 1 saturated heterocycles. The van der Waals surface area contributed by atoms with Crippen molar-refractivity contribution in [2.75, 3.05) is 13.2 Å². The summed E-state index contributed by atoms with van der Waals surface area (Å²) >= 11 is 0. The lowest BCUT2D eigenvalue weighted by Crippen LogP contribution is -2.15. The SMILES string of the molecule is CCCNCc1cnc(CC2CCCO2)nc1. The van der Waals surface area contributed by atoms with E-state index in [9.17, 15) is 0 Å². The van der Waals surface area contributed by atoms with Crippen LogP contribution in [0.1, 0.15) is 37.6 Å². The smallest absolute Gasteiger partial charge is 0.130 e. The van der Waals surface area contributed by atoms with E-state index in [0.29, 0.717) is 6.10 Å². The maximum absolute atomic E-state index is 5.57.